The van der Waals surface area contributed by atoms with E-state index in [1.54, 1.807) is 0 Å². The molecule has 88 valence electrons. The summed E-state index contributed by atoms with van der Waals surface area (Å²) in [6, 6.07) is 7.61. The van der Waals surface area contributed by atoms with E-state index in [1.165, 1.54) is 0 Å². The molecule has 1 fully saturated rings. The molecule has 0 aromatic heterocycles. The van der Waals surface area contributed by atoms with Crippen molar-refractivity contribution in [1.82, 2.24) is 5.32 Å². The minimum absolute atomic E-state index is 0.290. The SMILES string of the molecule is CC(O)(c1ccccc1N)C1CCNCC1. The minimum Gasteiger partial charge on any atom is -0.398 e. The van der Waals surface area contributed by atoms with Gasteiger partial charge in [-0.1, -0.05) is 18.2 Å². The fraction of sp³-hybridized carbons (Fsp3) is 0.538. The number of para-hydroxylation sites is 1. The molecule has 1 atom stereocenters. The van der Waals surface area contributed by atoms with Crippen LogP contribution in [0.2, 0.25) is 0 Å². The van der Waals surface area contributed by atoms with Crippen molar-refractivity contribution in [3.8, 4) is 0 Å². The van der Waals surface area contributed by atoms with Crippen LogP contribution in [-0.2, 0) is 5.60 Å². The standard InChI is InChI=1S/C13H20N2O/c1-13(16,10-6-8-15-9-7-10)11-4-2-3-5-12(11)14/h2-5,10,15-16H,6-9,14H2,1H3. The molecule has 3 nitrogen and oxygen atoms in total. The van der Waals surface area contributed by atoms with Crippen molar-refractivity contribution in [3.05, 3.63) is 29.8 Å². The van der Waals surface area contributed by atoms with Gasteiger partial charge in [0.2, 0.25) is 0 Å². The van der Waals surface area contributed by atoms with Gasteiger partial charge in [0.05, 0.1) is 5.60 Å². The van der Waals surface area contributed by atoms with Crippen molar-refractivity contribution in [2.24, 2.45) is 5.92 Å². The predicted molar refractivity (Wildman–Crippen MR) is 66.0 cm³/mol. The normalized spacial score (nSPS) is 21.6. The van der Waals surface area contributed by atoms with E-state index in [4.69, 9.17) is 5.73 Å². The van der Waals surface area contributed by atoms with Gasteiger partial charge in [0, 0.05) is 11.3 Å². The molecule has 0 amide bonds. The van der Waals surface area contributed by atoms with Crippen molar-refractivity contribution in [2.75, 3.05) is 18.8 Å². The number of rotatable bonds is 2. The highest BCUT2D eigenvalue weighted by molar-refractivity contribution is 5.49. The maximum atomic E-state index is 10.7. The average Bonchev–Trinajstić information content (AvgIpc) is 2.30. The number of nitrogens with two attached hydrogens (primary N) is 1. The number of aliphatic hydroxyl groups is 1. The Morgan fingerprint density at radius 3 is 2.56 bits per heavy atom. The molecule has 4 N–H and O–H groups in total. The van der Waals surface area contributed by atoms with Gasteiger partial charge in [-0.05, 0) is 44.8 Å². The van der Waals surface area contributed by atoms with Crippen molar-refractivity contribution >= 4 is 5.69 Å². The summed E-state index contributed by atoms with van der Waals surface area (Å²) in [5, 5.41) is 14.0. The van der Waals surface area contributed by atoms with Gasteiger partial charge in [-0.25, -0.2) is 0 Å². The van der Waals surface area contributed by atoms with Gasteiger partial charge in [-0.15, -0.1) is 0 Å². The van der Waals surface area contributed by atoms with Crippen LogP contribution in [0, 0.1) is 5.92 Å². The van der Waals surface area contributed by atoms with Crippen LogP contribution < -0.4 is 11.1 Å². The second kappa shape index (κ2) is 4.44. The Bertz CT molecular complexity index is 357. The van der Waals surface area contributed by atoms with E-state index >= 15 is 0 Å². The fourth-order valence-corrected chi connectivity index (χ4v) is 2.56. The van der Waals surface area contributed by atoms with Crippen LogP contribution in [0.15, 0.2) is 24.3 Å². The number of anilines is 1. The molecule has 0 radical (unpaired) electrons. The lowest BCUT2D eigenvalue weighted by Gasteiger charge is -2.36. The summed E-state index contributed by atoms with van der Waals surface area (Å²) in [4.78, 5) is 0. The second-order valence-corrected chi connectivity index (χ2v) is 4.76. The van der Waals surface area contributed by atoms with Gasteiger partial charge in [0.15, 0.2) is 0 Å². The number of nitrogen functional groups attached to an aromatic ring is 1. The summed E-state index contributed by atoms with van der Waals surface area (Å²) in [7, 11) is 0. The smallest absolute Gasteiger partial charge is 0.0917 e. The van der Waals surface area contributed by atoms with Crippen molar-refractivity contribution in [3.63, 3.8) is 0 Å². The average molecular weight is 220 g/mol. The lowest BCUT2D eigenvalue weighted by atomic mass is 9.77. The maximum Gasteiger partial charge on any atom is 0.0917 e. The zero-order chi connectivity index (χ0) is 11.6. The lowest BCUT2D eigenvalue weighted by Crippen LogP contribution is -2.40. The highest BCUT2D eigenvalue weighted by atomic mass is 16.3. The summed E-state index contributed by atoms with van der Waals surface area (Å²) in [6.07, 6.45) is 2.00. The second-order valence-electron chi connectivity index (χ2n) is 4.76. The van der Waals surface area contributed by atoms with Gasteiger partial charge < -0.3 is 16.2 Å². The number of hydrogen-bond donors (Lipinski definition) is 3. The van der Waals surface area contributed by atoms with Gasteiger partial charge in [-0.2, -0.15) is 0 Å². The number of piperidine rings is 1. The van der Waals surface area contributed by atoms with Crippen LogP contribution in [0.3, 0.4) is 0 Å². The first-order chi connectivity index (χ1) is 7.62. The van der Waals surface area contributed by atoms with Gasteiger partial charge in [-0.3, -0.25) is 0 Å². The predicted octanol–water partition coefficient (Wildman–Crippen LogP) is 1.48. The van der Waals surface area contributed by atoms with Crippen LogP contribution >= 0.6 is 0 Å². The Kier molecular flexibility index (Phi) is 3.17. The Labute approximate surface area is 96.7 Å². The van der Waals surface area contributed by atoms with E-state index < -0.39 is 5.60 Å². The molecule has 0 saturated carbocycles. The zero-order valence-electron chi connectivity index (χ0n) is 9.74. The topological polar surface area (TPSA) is 58.3 Å². The third-order valence-electron chi connectivity index (χ3n) is 3.64. The Morgan fingerprint density at radius 1 is 1.31 bits per heavy atom. The van der Waals surface area contributed by atoms with E-state index in [0.29, 0.717) is 11.6 Å². The number of nitrogens with one attached hydrogen (secondary N) is 1. The van der Waals surface area contributed by atoms with Gasteiger partial charge in [0.1, 0.15) is 0 Å². The first kappa shape index (κ1) is 11.4. The van der Waals surface area contributed by atoms with E-state index in [-0.39, 0.29) is 0 Å². The summed E-state index contributed by atoms with van der Waals surface area (Å²) >= 11 is 0. The molecular formula is C13H20N2O. The third kappa shape index (κ3) is 2.06. The monoisotopic (exact) mass is 220 g/mol. The molecule has 2 rings (SSSR count). The van der Waals surface area contributed by atoms with Gasteiger partial charge >= 0.3 is 0 Å². The van der Waals surface area contributed by atoms with Crippen LogP contribution in [0.5, 0.6) is 0 Å². The van der Waals surface area contributed by atoms with Crippen LogP contribution in [-0.4, -0.2) is 18.2 Å². The molecule has 1 aliphatic rings. The first-order valence-corrected chi connectivity index (χ1v) is 5.90. The van der Waals surface area contributed by atoms with Crippen LogP contribution in [0.1, 0.15) is 25.3 Å². The molecule has 0 bridgehead atoms. The molecule has 3 heteroatoms. The van der Waals surface area contributed by atoms with Gasteiger partial charge in [0.25, 0.3) is 0 Å². The molecule has 0 spiro atoms. The Balaban J connectivity index is 2.26. The zero-order valence-corrected chi connectivity index (χ0v) is 9.74. The summed E-state index contributed by atoms with van der Waals surface area (Å²) in [5.74, 6) is 0.290. The van der Waals surface area contributed by atoms with Crippen LogP contribution in [0.4, 0.5) is 5.69 Å². The Hall–Kier alpha value is -1.06. The molecule has 1 saturated heterocycles. The maximum absolute atomic E-state index is 10.7. The number of hydrogen-bond acceptors (Lipinski definition) is 3. The lowest BCUT2D eigenvalue weighted by molar-refractivity contribution is -0.0179. The molecule has 1 heterocycles. The fourth-order valence-electron chi connectivity index (χ4n) is 2.56. The van der Waals surface area contributed by atoms with Crippen molar-refractivity contribution in [1.29, 1.82) is 0 Å². The molecule has 0 aliphatic carbocycles. The molecule has 1 aliphatic heterocycles. The molecule has 16 heavy (non-hydrogen) atoms. The molecular weight excluding hydrogens is 200 g/mol. The summed E-state index contributed by atoms with van der Waals surface area (Å²) < 4.78 is 0. The highest BCUT2D eigenvalue weighted by Gasteiger charge is 2.35. The third-order valence-corrected chi connectivity index (χ3v) is 3.64. The van der Waals surface area contributed by atoms with Crippen LogP contribution in [0.25, 0.3) is 0 Å². The van der Waals surface area contributed by atoms with E-state index in [9.17, 15) is 5.11 Å². The van der Waals surface area contributed by atoms with E-state index in [1.807, 2.05) is 31.2 Å². The molecule has 1 aromatic rings. The highest BCUT2D eigenvalue weighted by Crippen LogP contribution is 2.37. The molecule has 1 aromatic carbocycles. The number of benzene rings is 1. The van der Waals surface area contributed by atoms with Crippen molar-refractivity contribution < 1.29 is 5.11 Å². The quantitative estimate of drug-likeness (QED) is 0.662. The summed E-state index contributed by atoms with van der Waals surface area (Å²) in [6.45, 7) is 3.84. The minimum atomic E-state index is -0.812. The van der Waals surface area contributed by atoms with E-state index in [2.05, 4.69) is 5.32 Å². The summed E-state index contributed by atoms with van der Waals surface area (Å²) in [5.41, 5.74) is 6.67. The Morgan fingerprint density at radius 2 is 1.94 bits per heavy atom. The van der Waals surface area contributed by atoms with Crippen molar-refractivity contribution in [2.45, 2.75) is 25.4 Å². The molecule has 1 unspecified atom stereocenters. The first-order valence-electron chi connectivity index (χ1n) is 5.90. The largest absolute Gasteiger partial charge is 0.398 e. The van der Waals surface area contributed by atoms with E-state index in [0.717, 1.165) is 31.5 Å².